The second-order valence-electron chi connectivity index (χ2n) is 4.69. The van der Waals surface area contributed by atoms with Gasteiger partial charge in [-0.05, 0) is 25.3 Å². The van der Waals surface area contributed by atoms with E-state index in [0.717, 1.165) is 6.42 Å². The summed E-state index contributed by atoms with van der Waals surface area (Å²) >= 11 is 0. The lowest BCUT2D eigenvalue weighted by atomic mass is 9.74. The Kier molecular flexibility index (Phi) is 1.91. The van der Waals surface area contributed by atoms with Crippen molar-refractivity contribution in [1.82, 2.24) is 15.5 Å². The number of aromatic nitrogens is 2. The molecule has 1 aliphatic rings. The molecule has 2 rings (SSSR count). The summed E-state index contributed by atoms with van der Waals surface area (Å²) in [5.41, 5.74) is 3.03. The molecule has 0 unspecified atom stereocenters. The Labute approximate surface area is 78.9 Å². The lowest BCUT2D eigenvalue weighted by molar-refractivity contribution is 0.262. The van der Waals surface area contributed by atoms with Crippen molar-refractivity contribution in [3.8, 4) is 0 Å². The maximum atomic E-state index is 4.10. The van der Waals surface area contributed by atoms with Crippen molar-refractivity contribution < 1.29 is 0 Å². The van der Waals surface area contributed by atoms with Gasteiger partial charge in [0.05, 0.1) is 6.20 Å². The largest absolute Gasteiger partial charge is 0.313 e. The van der Waals surface area contributed by atoms with Gasteiger partial charge in [-0.3, -0.25) is 5.10 Å². The van der Waals surface area contributed by atoms with Crippen molar-refractivity contribution in [3.05, 3.63) is 17.5 Å². The molecule has 1 aliphatic carbocycles. The molecule has 0 saturated carbocycles. The molecule has 1 heterocycles. The van der Waals surface area contributed by atoms with Crippen LogP contribution in [-0.4, -0.2) is 17.2 Å². The molecule has 2 N–H and O–H groups in total. The van der Waals surface area contributed by atoms with Crippen LogP contribution in [0.5, 0.6) is 0 Å². The first-order chi connectivity index (χ1) is 6.12. The highest BCUT2D eigenvalue weighted by atomic mass is 15.1. The molecular formula is C10H17N3. The SMILES string of the molecule is CN[C@H]1CC(C)(C)Cc2[nH]ncc21. The average molecular weight is 179 g/mol. The summed E-state index contributed by atoms with van der Waals surface area (Å²) in [7, 11) is 2.02. The van der Waals surface area contributed by atoms with E-state index in [2.05, 4.69) is 29.4 Å². The predicted molar refractivity (Wildman–Crippen MR) is 52.5 cm³/mol. The van der Waals surface area contributed by atoms with Crippen molar-refractivity contribution in [2.75, 3.05) is 7.05 Å². The van der Waals surface area contributed by atoms with Crippen LogP contribution in [0.15, 0.2) is 6.20 Å². The monoisotopic (exact) mass is 179 g/mol. The van der Waals surface area contributed by atoms with E-state index in [1.165, 1.54) is 17.7 Å². The molecule has 1 aromatic heterocycles. The van der Waals surface area contributed by atoms with Crippen LogP contribution in [0.25, 0.3) is 0 Å². The van der Waals surface area contributed by atoms with E-state index in [9.17, 15) is 0 Å². The van der Waals surface area contributed by atoms with Gasteiger partial charge in [-0.2, -0.15) is 5.10 Å². The van der Waals surface area contributed by atoms with Gasteiger partial charge in [0.2, 0.25) is 0 Å². The van der Waals surface area contributed by atoms with Crippen LogP contribution in [0.2, 0.25) is 0 Å². The van der Waals surface area contributed by atoms with E-state index in [1.807, 2.05) is 13.2 Å². The molecule has 0 bridgehead atoms. The quantitative estimate of drug-likeness (QED) is 0.688. The summed E-state index contributed by atoms with van der Waals surface area (Å²) in [6.07, 6.45) is 4.25. The maximum absolute atomic E-state index is 4.10. The first-order valence-corrected chi connectivity index (χ1v) is 4.82. The van der Waals surface area contributed by atoms with Crippen LogP contribution in [0.1, 0.15) is 37.6 Å². The molecule has 1 atom stereocenters. The Bertz CT molecular complexity index is 301. The number of hydrogen-bond donors (Lipinski definition) is 2. The van der Waals surface area contributed by atoms with Crippen LogP contribution in [-0.2, 0) is 6.42 Å². The van der Waals surface area contributed by atoms with Crippen molar-refractivity contribution in [3.63, 3.8) is 0 Å². The lowest BCUT2D eigenvalue weighted by Crippen LogP contribution is -2.31. The third-order valence-electron chi connectivity index (χ3n) is 2.89. The Balaban J connectivity index is 2.36. The molecule has 0 saturated heterocycles. The van der Waals surface area contributed by atoms with Gasteiger partial charge in [-0.15, -0.1) is 0 Å². The summed E-state index contributed by atoms with van der Waals surface area (Å²) in [6, 6.07) is 0.470. The minimum atomic E-state index is 0.382. The summed E-state index contributed by atoms with van der Waals surface area (Å²) in [5, 5.41) is 10.5. The zero-order valence-corrected chi connectivity index (χ0v) is 8.52. The van der Waals surface area contributed by atoms with Crippen LogP contribution in [0, 0.1) is 5.41 Å². The number of H-pyrrole nitrogens is 1. The van der Waals surface area contributed by atoms with Gasteiger partial charge in [0.25, 0.3) is 0 Å². The van der Waals surface area contributed by atoms with Gasteiger partial charge < -0.3 is 5.32 Å². The third-order valence-corrected chi connectivity index (χ3v) is 2.89. The highest BCUT2D eigenvalue weighted by molar-refractivity contribution is 5.25. The number of nitrogens with zero attached hydrogens (tertiary/aromatic N) is 1. The molecule has 0 amide bonds. The molecule has 13 heavy (non-hydrogen) atoms. The summed E-state index contributed by atoms with van der Waals surface area (Å²) in [6.45, 7) is 4.61. The van der Waals surface area contributed by atoms with Crippen molar-refractivity contribution in [2.45, 2.75) is 32.7 Å². The van der Waals surface area contributed by atoms with Gasteiger partial charge in [0.15, 0.2) is 0 Å². The van der Waals surface area contributed by atoms with Gasteiger partial charge in [0, 0.05) is 17.3 Å². The highest BCUT2D eigenvalue weighted by Crippen LogP contribution is 2.39. The van der Waals surface area contributed by atoms with Crippen LogP contribution < -0.4 is 5.32 Å². The van der Waals surface area contributed by atoms with Crippen LogP contribution in [0.4, 0.5) is 0 Å². The van der Waals surface area contributed by atoms with Crippen molar-refractivity contribution in [1.29, 1.82) is 0 Å². The van der Waals surface area contributed by atoms with Gasteiger partial charge in [-0.1, -0.05) is 13.8 Å². The normalized spacial score (nSPS) is 25.6. The highest BCUT2D eigenvalue weighted by Gasteiger charge is 2.32. The zero-order valence-electron chi connectivity index (χ0n) is 8.52. The minimum absolute atomic E-state index is 0.382. The summed E-state index contributed by atoms with van der Waals surface area (Å²) in [5.74, 6) is 0. The first kappa shape index (κ1) is 8.75. The first-order valence-electron chi connectivity index (χ1n) is 4.82. The van der Waals surface area contributed by atoms with E-state index in [1.54, 1.807) is 0 Å². The fraction of sp³-hybridized carbons (Fsp3) is 0.700. The lowest BCUT2D eigenvalue weighted by Gasteiger charge is -2.34. The topological polar surface area (TPSA) is 40.7 Å². The fourth-order valence-electron chi connectivity index (χ4n) is 2.23. The molecule has 3 nitrogen and oxygen atoms in total. The Hall–Kier alpha value is -0.830. The molecule has 1 aromatic rings. The van der Waals surface area contributed by atoms with E-state index in [0.29, 0.717) is 11.5 Å². The maximum Gasteiger partial charge on any atom is 0.0538 e. The number of nitrogens with one attached hydrogen (secondary N) is 2. The van der Waals surface area contributed by atoms with E-state index < -0.39 is 0 Å². The standard InChI is InChI=1S/C10H17N3/c1-10(2)4-8(11-3)7-6-12-13-9(7)5-10/h6,8,11H,4-5H2,1-3H3,(H,12,13)/t8-/m0/s1. The fourth-order valence-corrected chi connectivity index (χ4v) is 2.23. The van der Waals surface area contributed by atoms with Crippen LogP contribution >= 0.6 is 0 Å². The van der Waals surface area contributed by atoms with Gasteiger partial charge >= 0.3 is 0 Å². The smallest absolute Gasteiger partial charge is 0.0538 e. The number of hydrogen-bond acceptors (Lipinski definition) is 2. The van der Waals surface area contributed by atoms with Gasteiger partial charge in [-0.25, -0.2) is 0 Å². The molecule has 3 heteroatoms. The predicted octanol–water partition coefficient (Wildman–Crippen LogP) is 1.64. The molecular weight excluding hydrogens is 162 g/mol. The molecule has 0 aliphatic heterocycles. The molecule has 0 aromatic carbocycles. The number of aromatic amines is 1. The second kappa shape index (κ2) is 2.84. The molecule has 0 radical (unpaired) electrons. The Morgan fingerprint density at radius 2 is 2.38 bits per heavy atom. The van der Waals surface area contributed by atoms with Crippen molar-refractivity contribution in [2.24, 2.45) is 5.41 Å². The summed E-state index contributed by atoms with van der Waals surface area (Å²) < 4.78 is 0. The Morgan fingerprint density at radius 3 is 3.08 bits per heavy atom. The van der Waals surface area contributed by atoms with E-state index in [-0.39, 0.29) is 0 Å². The number of rotatable bonds is 1. The van der Waals surface area contributed by atoms with E-state index >= 15 is 0 Å². The van der Waals surface area contributed by atoms with Gasteiger partial charge in [0.1, 0.15) is 0 Å². The minimum Gasteiger partial charge on any atom is -0.313 e. The van der Waals surface area contributed by atoms with Crippen LogP contribution in [0.3, 0.4) is 0 Å². The second-order valence-corrected chi connectivity index (χ2v) is 4.69. The summed E-state index contributed by atoms with van der Waals surface area (Å²) in [4.78, 5) is 0. The molecule has 0 fully saturated rings. The zero-order chi connectivity index (χ0) is 9.47. The molecule has 72 valence electrons. The Morgan fingerprint density at radius 1 is 1.62 bits per heavy atom. The van der Waals surface area contributed by atoms with E-state index in [4.69, 9.17) is 0 Å². The number of fused-ring (bicyclic) bond motifs is 1. The van der Waals surface area contributed by atoms with Crippen molar-refractivity contribution >= 4 is 0 Å². The molecule has 0 spiro atoms. The third kappa shape index (κ3) is 1.48. The average Bonchev–Trinajstić information content (AvgIpc) is 2.48.